The van der Waals surface area contributed by atoms with Crippen LogP contribution in [0.2, 0.25) is 0 Å². The Kier molecular flexibility index (Phi) is 3.57. The first-order valence-corrected chi connectivity index (χ1v) is 8.88. The highest BCUT2D eigenvalue weighted by molar-refractivity contribution is 5.98. The van der Waals surface area contributed by atoms with Crippen LogP contribution in [0, 0.1) is 12.7 Å². The Morgan fingerprint density at radius 2 is 1.74 bits per heavy atom. The van der Waals surface area contributed by atoms with Crippen LogP contribution in [-0.4, -0.2) is 15.0 Å². The molecule has 1 aromatic carbocycles. The molecule has 0 radical (unpaired) electrons. The molecular formula is C23H16FN3. The van der Waals surface area contributed by atoms with Crippen molar-refractivity contribution in [3.63, 3.8) is 0 Å². The van der Waals surface area contributed by atoms with Gasteiger partial charge in [0.25, 0.3) is 0 Å². The van der Waals surface area contributed by atoms with E-state index in [0.717, 1.165) is 51.0 Å². The Morgan fingerprint density at radius 1 is 0.889 bits per heavy atom. The number of aryl methyl sites for hydroxylation is 1. The van der Waals surface area contributed by atoms with Crippen LogP contribution in [0.3, 0.4) is 0 Å². The largest absolute Gasteiger partial charge is 0.260 e. The molecule has 0 atom stereocenters. The van der Waals surface area contributed by atoms with Gasteiger partial charge in [0.15, 0.2) is 5.65 Å². The monoisotopic (exact) mass is 353 g/mol. The molecular weight excluding hydrogens is 337 g/mol. The Balaban J connectivity index is 1.78. The Bertz CT molecular complexity index is 1230. The molecule has 0 saturated heterocycles. The summed E-state index contributed by atoms with van der Waals surface area (Å²) in [6.07, 6.45) is 6.61. The number of aromatic nitrogens is 3. The zero-order valence-corrected chi connectivity index (χ0v) is 14.8. The van der Waals surface area contributed by atoms with Crippen LogP contribution in [-0.2, 0) is 6.42 Å². The van der Waals surface area contributed by atoms with E-state index in [1.807, 2.05) is 31.3 Å². The van der Waals surface area contributed by atoms with E-state index in [1.165, 1.54) is 12.1 Å². The van der Waals surface area contributed by atoms with Crippen molar-refractivity contribution in [1.82, 2.24) is 15.0 Å². The number of rotatable bonds is 2. The van der Waals surface area contributed by atoms with E-state index in [4.69, 9.17) is 4.98 Å². The third-order valence-electron chi connectivity index (χ3n) is 5.02. The van der Waals surface area contributed by atoms with Gasteiger partial charge in [-0.15, -0.1) is 0 Å². The zero-order chi connectivity index (χ0) is 18.4. The van der Waals surface area contributed by atoms with Crippen molar-refractivity contribution >= 4 is 16.6 Å². The van der Waals surface area contributed by atoms with Crippen LogP contribution in [0.1, 0.15) is 22.4 Å². The molecule has 0 bridgehead atoms. The second kappa shape index (κ2) is 6.09. The quantitative estimate of drug-likeness (QED) is 0.502. The van der Waals surface area contributed by atoms with Crippen LogP contribution in [0.15, 0.2) is 67.0 Å². The summed E-state index contributed by atoms with van der Waals surface area (Å²) >= 11 is 0. The molecule has 3 aromatic heterocycles. The zero-order valence-electron chi connectivity index (χ0n) is 14.8. The van der Waals surface area contributed by atoms with Gasteiger partial charge in [-0.05, 0) is 66.1 Å². The van der Waals surface area contributed by atoms with Gasteiger partial charge in [-0.2, -0.15) is 0 Å². The molecule has 3 nitrogen and oxygen atoms in total. The lowest BCUT2D eigenvalue weighted by atomic mass is 9.95. The lowest BCUT2D eigenvalue weighted by Gasteiger charge is -2.13. The predicted molar refractivity (Wildman–Crippen MR) is 105 cm³/mol. The van der Waals surface area contributed by atoms with Crippen LogP contribution >= 0.6 is 0 Å². The molecule has 0 saturated carbocycles. The Labute approximate surface area is 156 Å². The van der Waals surface area contributed by atoms with Crippen molar-refractivity contribution in [2.45, 2.75) is 13.3 Å². The summed E-state index contributed by atoms with van der Waals surface area (Å²) in [5, 5.41) is 1.00. The number of pyridine rings is 3. The second-order valence-corrected chi connectivity index (χ2v) is 6.71. The van der Waals surface area contributed by atoms with Crippen LogP contribution in [0.5, 0.6) is 0 Å². The summed E-state index contributed by atoms with van der Waals surface area (Å²) in [5.41, 5.74) is 7.72. The minimum atomic E-state index is -0.242. The van der Waals surface area contributed by atoms with Crippen molar-refractivity contribution in [1.29, 1.82) is 0 Å². The first-order chi connectivity index (χ1) is 13.2. The predicted octanol–water partition coefficient (Wildman–Crippen LogP) is 5.13. The van der Waals surface area contributed by atoms with E-state index in [9.17, 15) is 4.39 Å². The Morgan fingerprint density at radius 3 is 2.63 bits per heavy atom. The molecule has 3 heterocycles. The molecule has 0 amide bonds. The molecule has 1 aliphatic rings. The average molecular weight is 353 g/mol. The minimum Gasteiger partial charge on any atom is -0.260 e. The van der Waals surface area contributed by atoms with Gasteiger partial charge in [-0.3, -0.25) is 4.98 Å². The Hall–Kier alpha value is -3.40. The number of halogens is 1. The summed E-state index contributed by atoms with van der Waals surface area (Å²) in [6, 6.07) is 14.9. The fraction of sp³-hybridized carbons (Fsp3) is 0.0870. The number of allylic oxidation sites excluding steroid dienone is 1. The van der Waals surface area contributed by atoms with Gasteiger partial charge in [0.2, 0.25) is 0 Å². The third-order valence-corrected chi connectivity index (χ3v) is 5.02. The van der Waals surface area contributed by atoms with Crippen molar-refractivity contribution in [2.24, 2.45) is 0 Å². The van der Waals surface area contributed by atoms with Crippen LogP contribution in [0.4, 0.5) is 4.39 Å². The molecule has 0 spiro atoms. The average Bonchev–Trinajstić information content (AvgIpc) is 3.11. The lowest BCUT2D eigenvalue weighted by Crippen LogP contribution is -1.97. The normalized spacial score (nSPS) is 12.9. The molecule has 27 heavy (non-hydrogen) atoms. The van der Waals surface area contributed by atoms with Gasteiger partial charge >= 0.3 is 0 Å². The highest BCUT2D eigenvalue weighted by atomic mass is 19.1. The number of benzene rings is 1. The lowest BCUT2D eigenvalue weighted by molar-refractivity contribution is 0.627. The van der Waals surface area contributed by atoms with Gasteiger partial charge in [0, 0.05) is 35.3 Å². The maximum atomic E-state index is 13.6. The van der Waals surface area contributed by atoms with Gasteiger partial charge in [0.05, 0.1) is 11.4 Å². The van der Waals surface area contributed by atoms with E-state index in [1.54, 1.807) is 12.3 Å². The molecule has 0 fully saturated rings. The van der Waals surface area contributed by atoms with Crippen molar-refractivity contribution in [2.75, 3.05) is 0 Å². The highest BCUT2D eigenvalue weighted by Gasteiger charge is 2.20. The number of nitrogens with zero attached hydrogens (tertiary/aromatic N) is 3. The standard InChI is InChI=1S/C23H16FN3/c1-14-12-15(24)6-7-16(14)22-13-20(19-5-3-11-26-23(19)27-22)17-8-9-21-18(17)4-2-10-25-21/h2-8,10-13H,9H2,1H3. The SMILES string of the molecule is Cc1cc(F)ccc1-c1cc(C2=CCc3ncccc32)c2cccnc2n1. The summed E-state index contributed by atoms with van der Waals surface area (Å²) in [4.78, 5) is 13.7. The van der Waals surface area contributed by atoms with Crippen molar-refractivity contribution < 1.29 is 4.39 Å². The summed E-state index contributed by atoms with van der Waals surface area (Å²) in [7, 11) is 0. The fourth-order valence-corrected chi connectivity index (χ4v) is 3.74. The highest BCUT2D eigenvalue weighted by Crippen LogP contribution is 2.37. The minimum absolute atomic E-state index is 0.242. The van der Waals surface area contributed by atoms with E-state index in [0.29, 0.717) is 5.65 Å². The van der Waals surface area contributed by atoms with E-state index < -0.39 is 0 Å². The number of hydrogen-bond acceptors (Lipinski definition) is 3. The smallest absolute Gasteiger partial charge is 0.160 e. The van der Waals surface area contributed by atoms with E-state index in [-0.39, 0.29) is 5.82 Å². The maximum absolute atomic E-state index is 13.6. The maximum Gasteiger partial charge on any atom is 0.160 e. The number of fused-ring (bicyclic) bond motifs is 2. The fourth-order valence-electron chi connectivity index (χ4n) is 3.74. The molecule has 4 heteroatoms. The molecule has 0 aliphatic heterocycles. The number of hydrogen-bond donors (Lipinski definition) is 0. The summed E-state index contributed by atoms with van der Waals surface area (Å²) < 4.78 is 13.6. The van der Waals surface area contributed by atoms with Crippen molar-refractivity contribution in [3.05, 3.63) is 95.2 Å². The molecule has 130 valence electrons. The molecule has 5 rings (SSSR count). The van der Waals surface area contributed by atoms with Gasteiger partial charge in [-0.1, -0.05) is 12.1 Å². The van der Waals surface area contributed by atoms with E-state index in [2.05, 4.69) is 28.2 Å². The molecule has 0 unspecified atom stereocenters. The van der Waals surface area contributed by atoms with Gasteiger partial charge in [0.1, 0.15) is 5.82 Å². The molecule has 4 aromatic rings. The van der Waals surface area contributed by atoms with Gasteiger partial charge < -0.3 is 0 Å². The second-order valence-electron chi connectivity index (χ2n) is 6.71. The third kappa shape index (κ3) is 2.61. The molecule has 1 aliphatic carbocycles. The molecule has 0 N–H and O–H groups in total. The van der Waals surface area contributed by atoms with Crippen LogP contribution < -0.4 is 0 Å². The topological polar surface area (TPSA) is 38.7 Å². The van der Waals surface area contributed by atoms with Gasteiger partial charge in [-0.25, -0.2) is 14.4 Å². The van der Waals surface area contributed by atoms with E-state index >= 15 is 0 Å². The first-order valence-electron chi connectivity index (χ1n) is 8.88. The summed E-state index contributed by atoms with van der Waals surface area (Å²) in [6.45, 7) is 1.90. The van der Waals surface area contributed by atoms with Crippen LogP contribution in [0.25, 0.3) is 27.9 Å². The van der Waals surface area contributed by atoms with Crippen molar-refractivity contribution in [3.8, 4) is 11.3 Å². The summed E-state index contributed by atoms with van der Waals surface area (Å²) in [5.74, 6) is -0.242. The first kappa shape index (κ1) is 15.8.